The Morgan fingerprint density at radius 2 is 2.17 bits per heavy atom. The Labute approximate surface area is 108 Å². The van der Waals surface area contributed by atoms with Gasteiger partial charge >= 0.3 is 0 Å². The lowest BCUT2D eigenvalue weighted by Crippen LogP contribution is -2.25. The summed E-state index contributed by atoms with van der Waals surface area (Å²) in [4.78, 5) is 8.36. The van der Waals surface area contributed by atoms with Crippen LogP contribution in [-0.4, -0.2) is 35.3 Å². The summed E-state index contributed by atoms with van der Waals surface area (Å²) in [7, 11) is 1.59. The lowest BCUT2D eigenvalue weighted by atomic mass is 9.90. The molecule has 0 bridgehead atoms. The van der Waals surface area contributed by atoms with Crippen molar-refractivity contribution in [1.29, 1.82) is 0 Å². The molecule has 0 amide bonds. The van der Waals surface area contributed by atoms with E-state index in [0.717, 1.165) is 6.42 Å². The fourth-order valence-electron chi connectivity index (χ4n) is 1.52. The summed E-state index contributed by atoms with van der Waals surface area (Å²) < 4.78 is 4.98. The summed E-state index contributed by atoms with van der Waals surface area (Å²) in [5.74, 6) is 1.65. The molecule has 0 saturated heterocycles. The van der Waals surface area contributed by atoms with E-state index in [0.29, 0.717) is 30.6 Å². The molecule has 0 saturated carbocycles. The lowest BCUT2D eigenvalue weighted by Gasteiger charge is -2.24. The maximum absolute atomic E-state index is 8.97. The molecule has 0 aliphatic carbocycles. The largest absolute Gasteiger partial charge is 0.396 e. The highest BCUT2D eigenvalue weighted by atomic mass is 16.5. The summed E-state index contributed by atoms with van der Waals surface area (Å²) in [6.45, 7) is 5.37. The van der Waals surface area contributed by atoms with Crippen LogP contribution in [0.3, 0.4) is 0 Å². The predicted octanol–water partition coefficient (Wildman–Crippen LogP) is 1.03. The van der Waals surface area contributed by atoms with Gasteiger partial charge in [0.1, 0.15) is 18.2 Å². The van der Waals surface area contributed by atoms with Crippen LogP contribution in [0, 0.1) is 5.41 Å². The van der Waals surface area contributed by atoms with Crippen LogP contribution in [-0.2, 0) is 11.3 Å². The van der Waals surface area contributed by atoms with E-state index >= 15 is 0 Å². The van der Waals surface area contributed by atoms with Crippen LogP contribution in [0.4, 0.5) is 11.6 Å². The zero-order valence-electron chi connectivity index (χ0n) is 11.2. The van der Waals surface area contributed by atoms with Crippen molar-refractivity contribution in [3.8, 4) is 0 Å². The van der Waals surface area contributed by atoms with Gasteiger partial charge in [-0.1, -0.05) is 13.8 Å². The molecule has 0 spiro atoms. The first-order valence-corrected chi connectivity index (χ1v) is 5.94. The van der Waals surface area contributed by atoms with Crippen molar-refractivity contribution in [2.24, 2.45) is 5.41 Å². The first-order valence-electron chi connectivity index (χ1n) is 5.94. The molecule has 0 aromatic carbocycles. The fraction of sp³-hybridized carbons (Fsp3) is 0.667. The smallest absolute Gasteiger partial charge is 0.158 e. The number of anilines is 2. The molecular formula is C12H22N4O2. The molecule has 0 unspecified atom stereocenters. The maximum Gasteiger partial charge on any atom is 0.158 e. The Hall–Kier alpha value is -1.40. The number of nitrogens with one attached hydrogen (secondary N) is 1. The molecular weight excluding hydrogens is 232 g/mol. The highest BCUT2D eigenvalue weighted by Gasteiger charge is 2.17. The van der Waals surface area contributed by atoms with Crippen LogP contribution < -0.4 is 11.1 Å². The van der Waals surface area contributed by atoms with E-state index in [9.17, 15) is 0 Å². The lowest BCUT2D eigenvalue weighted by molar-refractivity contribution is 0.178. The van der Waals surface area contributed by atoms with Crippen molar-refractivity contribution in [1.82, 2.24) is 9.97 Å². The number of nitrogens with zero attached hydrogens (tertiary/aromatic N) is 2. The topological polar surface area (TPSA) is 93.3 Å². The molecule has 1 aromatic rings. The SMILES string of the molecule is COCc1nc(N)cc(NCC(C)(C)CCO)n1. The van der Waals surface area contributed by atoms with Gasteiger partial charge in [-0.3, -0.25) is 0 Å². The summed E-state index contributed by atoms with van der Waals surface area (Å²) in [5.41, 5.74) is 5.70. The van der Waals surface area contributed by atoms with Gasteiger partial charge in [0, 0.05) is 26.3 Å². The first-order chi connectivity index (χ1) is 8.46. The number of hydrogen-bond acceptors (Lipinski definition) is 6. The Morgan fingerprint density at radius 3 is 2.78 bits per heavy atom. The minimum absolute atomic E-state index is 0.00409. The van der Waals surface area contributed by atoms with Crippen molar-refractivity contribution >= 4 is 11.6 Å². The van der Waals surface area contributed by atoms with Crippen molar-refractivity contribution in [2.75, 3.05) is 31.3 Å². The molecule has 102 valence electrons. The van der Waals surface area contributed by atoms with E-state index in [1.807, 2.05) is 0 Å². The first kappa shape index (κ1) is 14.7. The van der Waals surface area contributed by atoms with Crippen LogP contribution in [0.5, 0.6) is 0 Å². The number of aliphatic hydroxyl groups excluding tert-OH is 1. The average molecular weight is 254 g/mol. The van der Waals surface area contributed by atoms with E-state index in [1.165, 1.54) is 0 Å². The van der Waals surface area contributed by atoms with Crippen LogP contribution in [0.25, 0.3) is 0 Å². The molecule has 1 heterocycles. The molecule has 1 aromatic heterocycles. The van der Waals surface area contributed by atoms with Gasteiger partial charge in [0.25, 0.3) is 0 Å². The summed E-state index contributed by atoms with van der Waals surface area (Å²) in [5, 5.41) is 12.2. The zero-order valence-corrected chi connectivity index (χ0v) is 11.2. The molecule has 18 heavy (non-hydrogen) atoms. The third kappa shape index (κ3) is 4.85. The van der Waals surface area contributed by atoms with Crippen molar-refractivity contribution in [3.63, 3.8) is 0 Å². The third-order valence-corrected chi connectivity index (χ3v) is 2.60. The average Bonchev–Trinajstić information content (AvgIpc) is 2.26. The second-order valence-electron chi connectivity index (χ2n) is 5.02. The molecule has 0 atom stereocenters. The molecule has 1 rings (SSSR count). The second-order valence-corrected chi connectivity index (χ2v) is 5.02. The number of ether oxygens (including phenoxy) is 1. The predicted molar refractivity (Wildman–Crippen MR) is 71.1 cm³/mol. The van der Waals surface area contributed by atoms with Crippen molar-refractivity contribution in [2.45, 2.75) is 26.9 Å². The van der Waals surface area contributed by atoms with E-state index < -0.39 is 0 Å². The number of rotatable bonds is 7. The molecule has 0 fully saturated rings. The standard InChI is InChI=1S/C12H22N4O2/c1-12(2,4-5-17)8-14-10-6-9(13)15-11(16-10)7-18-3/h6,17H,4-5,7-8H2,1-3H3,(H3,13,14,15,16). The number of aliphatic hydroxyl groups is 1. The van der Waals surface area contributed by atoms with E-state index in [-0.39, 0.29) is 12.0 Å². The van der Waals surface area contributed by atoms with E-state index in [2.05, 4.69) is 29.1 Å². The summed E-state index contributed by atoms with van der Waals surface area (Å²) in [6, 6.07) is 1.69. The molecule has 6 heteroatoms. The summed E-state index contributed by atoms with van der Waals surface area (Å²) in [6.07, 6.45) is 0.728. The van der Waals surface area contributed by atoms with E-state index in [4.69, 9.17) is 15.6 Å². The van der Waals surface area contributed by atoms with Gasteiger partial charge in [0.2, 0.25) is 0 Å². The van der Waals surface area contributed by atoms with Gasteiger partial charge in [-0.25, -0.2) is 9.97 Å². The fourth-order valence-corrected chi connectivity index (χ4v) is 1.52. The zero-order chi connectivity index (χ0) is 13.6. The monoisotopic (exact) mass is 254 g/mol. The number of hydrogen-bond donors (Lipinski definition) is 3. The van der Waals surface area contributed by atoms with Gasteiger partial charge in [-0.2, -0.15) is 0 Å². The Balaban J connectivity index is 2.66. The minimum atomic E-state index is -0.00409. The normalized spacial score (nSPS) is 11.6. The summed E-state index contributed by atoms with van der Waals surface area (Å²) >= 11 is 0. The Morgan fingerprint density at radius 1 is 1.44 bits per heavy atom. The molecule has 6 nitrogen and oxygen atoms in total. The molecule has 0 aliphatic heterocycles. The van der Waals surface area contributed by atoms with Gasteiger partial charge in [-0.05, 0) is 11.8 Å². The van der Waals surface area contributed by atoms with Gasteiger partial charge < -0.3 is 20.9 Å². The number of methoxy groups -OCH3 is 1. The van der Waals surface area contributed by atoms with Crippen LogP contribution in [0.1, 0.15) is 26.1 Å². The van der Waals surface area contributed by atoms with Gasteiger partial charge in [0.05, 0.1) is 0 Å². The highest BCUT2D eigenvalue weighted by Crippen LogP contribution is 2.20. The Bertz CT molecular complexity index is 382. The second kappa shape index (κ2) is 6.51. The van der Waals surface area contributed by atoms with E-state index in [1.54, 1.807) is 13.2 Å². The number of nitrogen functional groups attached to an aromatic ring is 1. The van der Waals surface area contributed by atoms with Crippen LogP contribution in [0.2, 0.25) is 0 Å². The minimum Gasteiger partial charge on any atom is -0.396 e. The maximum atomic E-state index is 8.97. The van der Waals surface area contributed by atoms with Crippen molar-refractivity contribution in [3.05, 3.63) is 11.9 Å². The van der Waals surface area contributed by atoms with Crippen LogP contribution >= 0.6 is 0 Å². The molecule has 4 N–H and O–H groups in total. The number of aromatic nitrogens is 2. The molecule has 0 radical (unpaired) electrons. The van der Waals surface area contributed by atoms with Crippen molar-refractivity contribution < 1.29 is 9.84 Å². The van der Waals surface area contributed by atoms with Gasteiger partial charge in [0.15, 0.2) is 5.82 Å². The highest BCUT2D eigenvalue weighted by molar-refractivity contribution is 5.44. The van der Waals surface area contributed by atoms with Gasteiger partial charge in [-0.15, -0.1) is 0 Å². The Kier molecular flexibility index (Phi) is 5.30. The quantitative estimate of drug-likeness (QED) is 0.673. The van der Waals surface area contributed by atoms with Crippen LogP contribution in [0.15, 0.2) is 6.07 Å². The number of nitrogens with two attached hydrogens (primary N) is 1. The third-order valence-electron chi connectivity index (χ3n) is 2.60. The molecule has 0 aliphatic rings.